The number of nitrogens with one attached hydrogen (secondary N) is 1. The van der Waals surface area contributed by atoms with E-state index in [4.69, 9.17) is 11.6 Å². The molecular formula is C21H22ClN5O2. The highest BCUT2D eigenvalue weighted by Gasteiger charge is 2.35. The van der Waals surface area contributed by atoms with Crippen molar-refractivity contribution in [3.63, 3.8) is 0 Å². The van der Waals surface area contributed by atoms with Crippen LogP contribution < -0.4 is 0 Å². The first-order chi connectivity index (χ1) is 14.0. The van der Waals surface area contributed by atoms with E-state index in [0.717, 1.165) is 22.9 Å². The fraction of sp³-hybridized carbons (Fsp3) is 0.333. The molecule has 1 saturated heterocycles. The fourth-order valence-corrected chi connectivity index (χ4v) is 3.91. The van der Waals surface area contributed by atoms with Crippen LogP contribution in [-0.2, 0) is 4.79 Å². The standard InChI is InChI=1S/C21H22ClN5O2/c1-3-5-17-21(29)26(2)8-9-27(17)20(28)14-7-4-6-13(10-14)15-11-16-18(22)24-25-19(16)23-12-15/h4,6-7,10-12,17H,3,5,8-9H2,1-2H3,(H,23,24,25). The third-order valence-electron chi connectivity index (χ3n) is 5.34. The van der Waals surface area contributed by atoms with Gasteiger partial charge in [-0.05, 0) is 30.2 Å². The number of carbonyl (C=O) groups is 2. The van der Waals surface area contributed by atoms with E-state index < -0.39 is 6.04 Å². The number of halogens is 1. The Balaban J connectivity index is 1.66. The molecule has 1 aliphatic heterocycles. The van der Waals surface area contributed by atoms with Crippen molar-refractivity contribution in [1.82, 2.24) is 25.0 Å². The highest BCUT2D eigenvalue weighted by Crippen LogP contribution is 2.27. The number of benzene rings is 1. The van der Waals surface area contributed by atoms with E-state index in [1.165, 1.54) is 0 Å². The van der Waals surface area contributed by atoms with E-state index in [9.17, 15) is 9.59 Å². The largest absolute Gasteiger partial charge is 0.342 e. The summed E-state index contributed by atoms with van der Waals surface area (Å²) in [6, 6.07) is 8.89. The van der Waals surface area contributed by atoms with E-state index in [2.05, 4.69) is 15.2 Å². The predicted molar refractivity (Wildman–Crippen MR) is 112 cm³/mol. The van der Waals surface area contributed by atoms with Crippen molar-refractivity contribution in [3.05, 3.63) is 47.2 Å². The van der Waals surface area contributed by atoms with Gasteiger partial charge in [-0.1, -0.05) is 37.1 Å². The quantitative estimate of drug-likeness (QED) is 0.713. The third-order valence-corrected chi connectivity index (χ3v) is 5.63. The third kappa shape index (κ3) is 3.58. The van der Waals surface area contributed by atoms with Gasteiger partial charge in [0.25, 0.3) is 5.91 Å². The lowest BCUT2D eigenvalue weighted by molar-refractivity contribution is -0.138. The van der Waals surface area contributed by atoms with Gasteiger partial charge in [0.05, 0.1) is 5.39 Å². The molecule has 4 rings (SSSR count). The average molecular weight is 412 g/mol. The molecule has 0 bridgehead atoms. The number of aromatic nitrogens is 3. The molecule has 2 amide bonds. The summed E-state index contributed by atoms with van der Waals surface area (Å²) in [6.45, 7) is 3.10. The van der Waals surface area contributed by atoms with Crippen LogP contribution in [0.4, 0.5) is 0 Å². The molecule has 29 heavy (non-hydrogen) atoms. The maximum absolute atomic E-state index is 13.2. The van der Waals surface area contributed by atoms with Crippen LogP contribution >= 0.6 is 11.6 Å². The van der Waals surface area contributed by atoms with Gasteiger partial charge in [-0.3, -0.25) is 14.7 Å². The van der Waals surface area contributed by atoms with Crippen LogP contribution in [0, 0.1) is 0 Å². The van der Waals surface area contributed by atoms with Crippen LogP contribution in [-0.4, -0.2) is 63.0 Å². The number of likely N-dealkylation sites (N-methyl/N-ethyl adjacent to an activating group) is 1. The average Bonchev–Trinajstić information content (AvgIpc) is 3.11. The molecule has 0 radical (unpaired) electrons. The Morgan fingerprint density at radius 1 is 1.28 bits per heavy atom. The lowest BCUT2D eigenvalue weighted by atomic mass is 10.0. The number of hydrogen-bond acceptors (Lipinski definition) is 4. The number of nitrogens with zero attached hydrogens (tertiary/aromatic N) is 4. The Hall–Kier alpha value is -2.93. The summed E-state index contributed by atoms with van der Waals surface area (Å²) < 4.78 is 0. The van der Waals surface area contributed by atoms with Crippen molar-refractivity contribution in [2.45, 2.75) is 25.8 Å². The van der Waals surface area contributed by atoms with Gasteiger partial charge in [-0.15, -0.1) is 0 Å². The van der Waals surface area contributed by atoms with E-state index in [-0.39, 0.29) is 11.8 Å². The summed E-state index contributed by atoms with van der Waals surface area (Å²) in [6.07, 6.45) is 3.21. The van der Waals surface area contributed by atoms with Crippen molar-refractivity contribution < 1.29 is 9.59 Å². The maximum Gasteiger partial charge on any atom is 0.254 e. The molecule has 1 aliphatic rings. The van der Waals surface area contributed by atoms with Crippen LogP contribution in [0.5, 0.6) is 0 Å². The highest BCUT2D eigenvalue weighted by molar-refractivity contribution is 6.34. The van der Waals surface area contributed by atoms with Crippen molar-refractivity contribution in [2.75, 3.05) is 20.1 Å². The van der Waals surface area contributed by atoms with Crippen molar-refractivity contribution in [1.29, 1.82) is 0 Å². The first-order valence-corrected chi connectivity index (χ1v) is 10.0. The summed E-state index contributed by atoms with van der Waals surface area (Å²) >= 11 is 6.13. The van der Waals surface area contributed by atoms with Crippen LogP contribution in [0.25, 0.3) is 22.2 Å². The molecule has 7 nitrogen and oxygen atoms in total. The minimum absolute atomic E-state index is 0.00635. The lowest BCUT2D eigenvalue weighted by Crippen LogP contribution is -2.57. The molecule has 0 aliphatic carbocycles. The Bertz CT molecular complexity index is 1080. The Morgan fingerprint density at radius 2 is 2.10 bits per heavy atom. The second-order valence-electron chi connectivity index (χ2n) is 7.28. The minimum atomic E-state index is -0.405. The smallest absolute Gasteiger partial charge is 0.254 e. The van der Waals surface area contributed by atoms with Crippen molar-refractivity contribution in [3.8, 4) is 11.1 Å². The summed E-state index contributed by atoms with van der Waals surface area (Å²) in [5.41, 5.74) is 2.80. The number of amides is 2. The van der Waals surface area contributed by atoms with Crippen LogP contribution in [0.15, 0.2) is 36.5 Å². The van der Waals surface area contributed by atoms with Gasteiger partial charge >= 0.3 is 0 Å². The second kappa shape index (κ2) is 7.83. The molecule has 1 fully saturated rings. The van der Waals surface area contributed by atoms with Crippen LogP contribution in [0.1, 0.15) is 30.1 Å². The monoisotopic (exact) mass is 411 g/mol. The number of pyridine rings is 1. The van der Waals surface area contributed by atoms with Gasteiger partial charge < -0.3 is 9.80 Å². The van der Waals surface area contributed by atoms with Gasteiger partial charge in [-0.2, -0.15) is 5.10 Å². The zero-order chi connectivity index (χ0) is 20.5. The predicted octanol–water partition coefficient (Wildman–Crippen LogP) is 3.36. The minimum Gasteiger partial charge on any atom is -0.342 e. The van der Waals surface area contributed by atoms with Gasteiger partial charge in [-0.25, -0.2) is 4.98 Å². The van der Waals surface area contributed by atoms with Gasteiger partial charge in [0.15, 0.2) is 5.65 Å². The van der Waals surface area contributed by atoms with E-state index in [0.29, 0.717) is 35.9 Å². The summed E-state index contributed by atoms with van der Waals surface area (Å²) in [5, 5.41) is 7.90. The van der Waals surface area contributed by atoms with E-state index in [1.807, 2.05) is 31.2 Å². The van der Waals surface area contributed by atoms with Crippen molar-refractivity contribution >= 4 is 34.4 Å². The normalized spacial score (nSPS) is 17.2. The second-order valence-corrected chi connectivity index (χ2v) is 7.65. The first-order valence-electron chi connectivity index (χ1n) is 9.65. The number of piperazine rings is 1. The molecule has 1 unspecified atom stereocenters. The topological polar surface area (TPSA) is 82.2 Å². The number of aromatic amines is 1. The zero-order valence-electron chi connectivity index (χ0n) is 16.4. The van der Waals surface area contributed by atoms with Gasteiger partial charge in [0.1, 0.15) is 11.2 Å². The number of fused-ring (bicyclic) bond motifs is 1. The molecule has 3 heterocycles. The number of carbonyl (C=O) groups excluding carboxylic acids is 2. The number of rotatable bonds is 4. The molecule has 8 heteroatoms. The Labute approximate surface area is 173 Å². The number of hydrogen-bond donors (Lipinski definition) is 1. The first kappa shape index (κ1) is 19.4. The maximum atomic E-state index is 13.2. The Morgan fingerprint density at radius 3 is 2.90 bits per heavy atom. The van der Waals surface area contributed by atoms with Gasteiger partial charge in [0, 0.05) is 37.5 Å². The molecule has 1 N–H and O–H groups in total. The fourth-order valence-electron chi connectivity index (χ4n) is 3.73. The highest BCUT2D eigenvalue weighted by atomic mass is 35.5. The SMILES string of the molecule is CCCC1C(=O)N(C)CCN1C(=O)c1cccc(-c2cnc3n[nH]c(Cl)c3c2)c1. The molecule has 3 aromatic rings. The Kier molecular flexibility index (Phi) is 5.24. The van der Waals surface area contributed by atoms with Crippen LogP contribution in [0.2, 0.25) is 5.15 Å². The molecule has 150 valence electrons. The molecule has 0 saturated carbocycles. The number of H-pyrrole nitrogens is 1. The molecule has 1 aromatic carbocycles. The molecule has 1 atom stereocenters. The lowest BCUT2D eigenvalue weighted by Gasteiger charge is -2.39. The zero-order valence-corrected chi connectivity index (χ0v) is 17.1. The molecule has 0 spiro atoms. The van der Waals surface area contributed by atoms with E-state index in [1.54, 1.807) is 29.1 Å². The summed E-state index contributed by atoms with van der Waals surface area (Å²) in [7, 11) is 1.79. The molecular weight excluding hydrogens is 390 g/mol. The van der Waals surface area contributed by atoms with Gasteiger partial charge in [0.2, 0.25) is 5.91 Å². The summed E-state index contributed by atoms with van der Waals surface area (Å²) in [4.78, 5) is 33.6. The van der Waals surface area contributed by atoms with E-state index >= 15 is 0 Å². The molecule has 2 aromatic heterocycles. The van der Waals surface area contributed by atoms with Crippen molar-refractivity contribution in [2.24, 2.45) is 0 Å². The summed E-state index contributed by atoms with van der Waals surface area (Å²) in [5.74, 6) is -0.117. The van der Waals surface area contributed by atoms with Crippen LogP contribution in [0.3, 0.4) is 0 Å².